The number of nitrogens with zero attached hydrogens (tertiary/aromatic N) is 4. The van der Waals surface area contributed by atoms with Crippen LogP contribution in [0.2, 0.25) is 0 Å². The maximum atomic E-state index is 12.7. The van der Waals surface area contributed by atoms with Crippen LogP contribution in [0.3, 0.4) is 0 Å². The Labute approximate surface area is 139 Å². The van der Waals surface area contributed by atoms with Crippen LogP contribution in [-0.2, 0) is 7.05 Å². The third-order valence-corrected chi connectivity index (χ3v) is 4.81. The Hall–Kier alpha value is -2.47. The van der Waals surface area contributed by atoms with Crippen molar-refractivity contribution in [2.75, 3.05) is 11.9 Å². The van der Waals surface area contributed by atoms with E-state index in [-0.39, 0.29) is 5.91 Å². The lowest BCUT2D eigenvalue weighted by Crippen LogP contribution is -2.27. The maximum absolute atomic E-state index is 12.7. The predicted octanol–water partition coefficient (Wildman–Crippen LogP) is 3.44. The van der Waals surface area contributed by atoms with Gasteiger partial charge in [-0.2, -0.15) is 5.10 Å². The molecule has 0 aliphatic heterocycles. The fraction of sp³-hybridized carbons (Fsp3) is 0.235. The smallest absolute Gasteiger partial charge is 0.277 e. The molecule has 6 heteroatoms. The number of benzene rings is 1. The van der Waals surface area contributed by atoms with E-state index in [2.05, 4.69) is 10.1 Å². The van der Waals surface area contributed by atoms with Crippen LogP contribution in [0, 0.1) is 13.8 Å². The van der Waals surface area contributed by atoms with Crippen LogP contribution >= 0.6 is 11.3 Å². The number of aromatic nitrogens is 3. The molecule has 0 N–H and O–H groups in total. The van der Waals surface area contributed by atoms with Gasteiger partial charge in [0, 0.05) is 36.9 Å². The van der Waals surface area contributed by atoms with Crippen LogP contribution in [-0.4, -0.2) is 27.7 Å². The molecule has 1 amide bonds. The molecule has 3 rings (SSSR count). The van der Waals surface area contributed by atoms with Gasteiger partial charge in [-0.25, -0.2) is 4.98 Å². The minimum Gasteiger partial charge on any atom is -0.310 e. The molecule has 0 unspecified atom stereocenters. The van der Waals surface area contributed by atoms with Gasteiger partial charge in [-0.15, -0.1) is 11.3 Å². The van der Waals surface area contributed by atoms with E-state index < -0.39 is 0 Å². The number of carbonyl (C=O) groups excluding carboxylic acids is 1. The molecule has 0 saturated heterocycles. The number of rotatable bonds is 3. The first kappa shape index (κ1) is 15.4. The molecule has 0 radical (unpaired) electrons. The second kappa shape index (κ2) is 5.96. The van der Waals surface area contributed by atoms with Crippen molar-refractivity contribution in [1.82, 2.24) is 14.8 Å². The first-order chi connectivity index (χ1) is 11.0. The van der Waals surface area contributed by atoms with Crippen LogP contribution in [0.5, 0.6) is 0 Å². The number of carbonyl (C=O) groups is 1. The van der Waals surface area contributed by atoms with Crippen molar-refractivity contribution < 1.29 is 4.79 Å². The van der Waals surface area contributed by atoms with E-state index in [9.17, 15) is 4.79 Å². The van der Waals surface area contributed by atoms with E-state index in [4.69, 9.17) is 0 Å². The lowest BCUT2D eigenvalue weighted by Gasteiger charge is -2.19. The highest BCUT2D eigenvalue weighted by Crippen LogP contribution is 2.26. The average Bonchev–Trinajstić information content (AvgIpc) is 3.17. The first-order valence-corrected chi connectivity index (χ1v) is 8.14. The Balaban J connectivity index is 1.88. The van der Waals surface area contributed by atoms with Crippen molar-refractivity contribution >= 4 is 22.9 Å². The molecule has 0 fully saturated rings. The summed E-state index contributed by atoms with van der Waals surface area (Å²) in [6.07, 6.45) is 3.64. The van der Waals surface area contributed by atoms with Gasteiger partial charge in [0.25, 0.3) is 5.91 Å². The molecule has 0 aliphatic carbocycles. The van der Waals surface area contributed by atoms with Gasteiger partial charge in [0.1, 0.15) is 10.7 Å². The Bertz CT molecular complexity index is 865. The second-order valence-electron chi connectivity index (χ2n) is 5.52. The molecular formula is C17H18N4OS. The molecule has 2 heterocycles. The molecular weight excluding hydrogens is 308 g/mol. The molecule has 0 atom stereocenters. The zero-order valence-corrected chi connectivity index (χ0v) is 14.4. The highest BCUT2D eigenvalue weighted by Gasteiger charge is 2.19. The number of aryl methyl sites for hydroxylation is 2. The Kier molecular flexibility index (Phi) is 4.00. The minimum absolute atomic E-state index is 0.106. The van der Waals surface area contributed by atoms with Crippen molar-refractivity contribution in [2.45, 2.75) is 13.8 Å². The van der Waals surface area contributed by atoms with Gasteiger partial charge in [-0.05, 0) is 31.0 Å². The highest BCUT2D eigenvalue weighted by atomic mass is 32.1. The SMILES string of the molecule is Cc1cccc(N(C)C(=O)c2csc(-c3cnn(C)c3)n2)c1C. The van der Waals surface area contributed by atoms with Gasteiger partial charge in [-0.1, -0.05) is 12.1 Å². The van der Waals surface area contributed by atoms with Crippen molar-refractivity contribution in [2.24, 2.45) is 7.05 Å². The van der Waals surface area contributed by atoms with Crippen LogP contribution < -0.4 is 4.90 Å². The number of anilines is 1. The van der Waals surface area contributed by atoms with Gasteiger partial charge < -0.3 is 4.90 Å². The van der Waals surface area contributed by atoms with Gasteiger partial charge in [0.2, 0.25) is 0 Å². The molecule has 5 nitrogen and oxygen atoms in total. The number of amides is 1. The Morgan fingerprint density at radius 2 is 2.09 bits per heavy atom. The van der Waals surface area contributed by atoms with Crippen molar-refractivity contribution in [3.05, 3.63) is 52.8 Å². The zero-order chi connectivity index (χ0) is 16.6. The Morgan fingerprint density at radius 1 is 1.30 bits per heavy atom. The average molecular weight is 326 g/mol. The fourth-order valence-corrected chi connectivity index (χ4v) is 3.19. The van der Waals surface area contributed by atoms with Gasteiger partial charge in [-0.3, -0.25) is 9.48 Å². The second-order valence-corrected chi connectivity index (χ2v) is 6.38. The number of hydrogen-bond donors (Lipinski definition) is 0. The van der Waals surface area contributed by atoms with Gasteiger partial charge >= 0.3 is 0 Å². The van der Waals surface area contributed by atoms with Gasteiger partial charge in [0.15, 0.2) is 0 Å². The minimum atomic E-state index is -0.106. The molecule has 0 spiro atoms. The molecule has 2 aromatic heterocycles. The topological polar surface area (TPSA) is 51.0 Å². The summed E-state index contributed by atoms with van der Waals surface area (Å²) in [6, 6.07) is 5.96. The third kappa shape index (κ3) is 2.90. The summed E-state index contributed by atoms with van der Waals surface area (Å²) in [5.74, 6) is -0.106. The quantitative estimate of drug-likeness (QED) is 0.741. The summed E-state index contributed by atoms with van der Waals surface area (Å²) in [6.45, 7) is 4.07. The molecule has 118 valence electrons. The summed E-state index contributed by atoms with van der Waals surface area (Å²) >= 11 is 1.45. The van der Waals surface area contributed by atoms with Gasteiger partial charge in [0.05, 0.1) is 6.20 Å². The highest BCUT2D eigenvalue weighted by molar-refractivity contribution is 7.13. The molecule has 0 bridgehead atoms. The largest absolute Gasteiger partial charge is 0.310 e. The number of hydrogen-bond acceptors (Lipinski definition) is 4. The van der Waals surface area contributed by atoms with E-state index in [1.807, 2.05) is 45.3 Å². The van der Waals surface area contributed by atoms with E-state index in [1.54, 1.807) is 28.2 Å². The van der Waals surface area contributed by atoms with E-state index in [0.29, 0.717) is 5.69 Å². The summed E-state index contributed by atoms with van der Waals surface area (Å²) in [4.78, 5) is 18.8. The van der Waals surface area contributed by atoms with E-state index in [1.165, 1.54) is 11.3 Å². The fourth-order valence-electron chi connectivity index (χ4n) is 2.42. The molecule has 0 saturated carbocycles. The normalized spacial score (nSPS) is 10.8. The summed E-state index contributed by atoms with van der Waals surface area (Å²) in [5.41, 5.74) is 4.55. The van der Waals surface area contributed by atoms with Crippen LogP contribution in [0.4, 0.5) is 5.69 Å². The van der Waals surface area contributed by atoms with E-state index >= 15 is 0 Å². The predicted molar refractivity (Wildman–Crippen MR) is 93.0 cm³/mol. The van der Waals surface area contributed by atoms with Crippen LogP contribution in [0.25, 0.3) is 10.6 Å². The van der Waals surface area contributed by atoms with E-state index in [0.717, 1.165) is 27.4 Å². The van der Waals surface area contributed by atoms with Crippen LogP contribution in [0.1, 0.15) is 21.6 Å². The van der Waals surface area contributed by atoms with Crippen LogP contribution in [0.15, 0.2) is 36.0 Å². The molecule has 1 aromatic carbocycles. The summed E-state index contributed by atoms with van der Waals surface area (Å²) in [5, 5.41) is 6.74. The zero-order valence-electron chi connectivity index (χ0n) is 13.6. The third-order valence-electron chi connectivity index (χ3n) is 3.92. The Morgan fingerprint density at radius 3 is 2.78 bits per heavy atom. The van der Waals surface area contributed by atoms with Crippen molar-refractivity contribution in [3.63, 3.8) is 0 Å². The summed E-state index contributed by atoms with van der Waals surface area (Å²) < 4.78 is 1.72. The van der Waals surface area contributed by atoms with Crippen molar-refractivity contribution in [1.29, 1.82) is 0 Å². The maximum Gasteiger partial charge on any atom is 0.277 e. The molecule has 0 aliphatic rings. The van der Waals surface area contributed by atoms with Crippen molar-refractivity contribution in [3.8, 4) is 10.6 Å². The lowest BCUT2D eigenvalue weighted by atomic mass is 10.1. The standard InChI is InChI=1S/C17H18N4OS/c1-11-6-5-7-15(12(11)2)21(4)17(22)14-10-23-16(19-14)13-8-18-20(3)9-13/h5-10H,1-4H3. The monoisotopic (exact) mass is 326 g/mol. The lowest BCUT2D eigenvalue weighted by molar-refractivity contribution is 0.0989. The molecule has 23 heavy (non-hydrogen) atoms. The first-order valence-electron chi connectivity index (χ1n) is 7.26. The number of thiazole rings is 1. The molecule has 3 aromatic rings. The summed E-state index contributed by atoms with van der Waals surface area (Å²) in [7, 11) is 3.64.